The Labute approximate surface area is 201 Å². The molecule has 3 aliphatic heterocycles. The highest BCUT2D eigenvalue weighted by molar-refractivity contribution is 5.83. The third-order valence-corrected chi connectivity index (χ3v) is 7.77. The molecule has 0 bridgehead atoms. The van der Waals surface area contributed by atoms with Crippen LogP contribution in [0.3, 0.4) is 0 Å². The summed E-state index contributed by atoms with van der Waals surface area (Å²) in [5.74, 6) is 3.64. The van der Waals surface area contributed by atoms with Crippen LogP contribution in [-0.2, 0) is 13.1 Å². The number of methoxy groups -OCH3 is 2. The van der Waals surface area contributed by atoms with Crippen molar-refractivity contribution in [2.75, 3.05) is 33.9 Å². The third-order valence-electron chi connectivity index (χ3n) is 7.77. The summed E-state index contributed by atoms with van der Waals surface area (Å²) in [6, 6.07) is 8.17. The molecule has 4 heterocycles. The number of urea groups is 1. The molecular weight excluding hydrogens is 430 g/mol. The SMILES string of the molecule is CCN1C(=O)N2Cc3cc(OC)cc(OC)c3C(C)C=C2C12CCN(Cc1ccc(C)o1)CC2. The van der Waals surface area contributed by atoms with Gasteiger partial charge in [-0.25, -0.2) is 4.79 Å². The highest BCUT2D eigenvalue weighted by Gasteiger charge is 2.54. The van der Waals surface area contributed by atoms with E-state index in [2.05, 4.69) is 35.8 Å². The predicted octanol–water partition coefficient (Wildman–Crippen LogP) is 4.90. The van der Waals surface area contributed by atoms with Crippen LogP contribution < -0.4 is 9.47 Å². The predicted molar refractivity (Wildman–Crippen MR) is 130 cm³/mol. The number of carbonyl (C=O) groups is 1. The zero-order valence-electron chi connectivity index (χ0n) is 20.9. The van der Waals surface area contributed by atoms with E-state index in [1.807, 2.05) is 30.0 Å². The number of ether oxygens (including phenoxy) is 2. The molecule has 1 aromatic heterocycles. The molecule has 34 heavy (non-hydrogen) atoms. The topological polar surface area (TPSA) is 58.4 Å². The van der Waals surface area contributed by atoms with Gasteiger partial charge in [-0.15, -0.1) is 0 Å². The Hall–Kier alpha value is -2.93. The number of hydrogen-bond donors (Lipinski definition) is 0. The van der Waals surface area contributed by atoms with Gasteiger partial charge >= 0.3 is 6.03 Å². The highest BCUT2D eigenvalue weighted by Crippen LogP contribution is 2.49. The van der Waals surface area contributed by atoms with Crippen molar-refractivity contribution in [1.82, 2.24) is 14.7 Å². The van der Waals surface area contributed by atoms with Crippen LogP contribution >= 0.6 is 0 Å². The van der Waals surface area contributed by atoms with Crippen LogP contribution in [0.25, 0.3) is 0 Å². The zero-order valence-corrected chi connectivity index (χ0v) is 20.9. The van der Waals surface area contributed by atoms with E-state index < -0.39 is 0 Å². The van der Waals surface area contributed by atoms with Crippen LogP contribution in [0.5, 0.6) is 11.5 Å². The fourth-order valence-corrected chi connectivity index (χ4v) is 6.14. The van der Waals surface area contributed by atoms with Gasteiger partial charge in [0.25, 0.3) is 0 Å². The summed E-state index contributed by atoms with van der Waals surface area (Å²) >= 11 is 0. The van der Waals surface area contributed by atoms with Crippen molar-refractivity contribution in [2.24, 2.45) is 0 Å². The lowest BCUT2D eigenvalue weighted by Crippen LogP contribution is -2.53. The standard InChI is InChI=1S/C27H35N3O4/c1-6-30-26(31)29-16-20-14-22(32-4)15-23(33-5)25(20)18(2)13-24(29)27(30)9-11-28(12-10-27)17-21-8-7-19(3)34-21/h7-8,13-15,18H,6,9-12,16-17H2,1-5H3. The van der Waals surface area contributed by atoms with Gasteiger partial charge in [-0.2, -0.15) is 0 Å². The second kappa shape index (κ2) is 8.69. The van der Waals surface area contributed by atoms with Crippen molar-refractivity contribution in [3.8, 4) is 11.5 Å². The first-order valence-corrected chi connectivity index (χ1v) is 12.2. The van der Waals surface area contributed by atoms with E-state index in [9.17, 15) is 4.79 Å². The first-order chi connectivity index (χ1) is 16.4. The lowest BCUT2D eigenvalue weighted by Gasteiger charge is -2.44. The summed E-state index contributed by atoms with van der Waals surface area (Å²) in [5, 5.41) is 0. The first kappa shape index (κ1) is 22.8. The molecule has 3 aliphatic rings. The largest absolute Gasteiger partial charge is 0.497 e. The minimum atomic E-state index is -0.269. The van der Waals surface area contributed by atoms with E-state index in [0.29, 0.717) is 13.1 Å². The summed E-state index contributed by atoms with van der Waals surface area (Å²) in [5.41, 5.74) is 3.11. The minimum Gasteiger partial charge on any atom is -0.497 e. The van der Waals surface area contributed by atoms with E-state index >= 15 is 0 Å². The van der Waals surface area contributed by atoms with Crippen molar-refractivity contribution in [2.45, 2.75) is 58.2 Å². The summed E-state index contributed by atoms with van der Waals surface area (Å²) in [7, 11) is 3.36. The number of piperidine rings is 1. The lowest BCUT2D eigenvalue weighted by atomic mass is 9.82. The number of rotatable bonds is 5. The van der Waals surface area contributed by atoms with Crippen LogP contribution in [0, 0.1) is 6.92 Å². The number of hydrogen-bond acceptors (Lipinski definition) is 5. The quantitative estimate of drug-likeness (QED) is 0.629. The molecule has 0 aliphatic carbocycles. The van der Waals surface area contributed by atoms with Crippen molar-refractivity contribution < 1.29 is 18.7 Å². The number of aryl methyl sites for hydroxylation is 1. The van der Waals surface area contributed by atoms with Gasteiger partial charge in [0.15, 0.2) is 0 Å². The molecule has 1 aromatic carbocycles. The van der Waals surface area contributed by atoms with Crippen molar-refractivity contribution in [3.63, 3.8) is 0 Å². The number of nitrogens with zero attached hydrogens (tertiary/aromatic N) is 3. The van der Waals surface area contributed by atoms with Crippen LogP contribution in [0.4, 0.5) is 4.79 Å². The molecule has 2 fully saturated rings. The molecule has 7 nitrogen and oxygen atoms in total. The van der Waals surface area contributed by atoms with E-state index in [-0.39, 0.29) is 17.5 Å². The number of likely N-dealkylation sites (N-methyl/N-ethyl adjacent to an activating group) is 1. The Kier molecular flexibility index (Phi) is 5.84. The Morgan fingerprint density at radius 2 is 1.91 bits per heavy atom. The monoisotopic (exact) mass is 465 g/mol. The maximum absolute atomic E-state index is 13.7. The number of allylic oxidation sites excluding steroid dienone is 1. The Bertz CT molecular complexity index is 1110. The fraction of sp³-hybridized carbons (Fsp3) is 0.519. The smallest absolute Gasteiger partial charge is 0.325 e. The molecule has 0 N–H and O–H groups in total. The van der Waals surface area contributed by atoms with Gasteiger partial charge in [-0.1, -0.05) is 13.0 Å². The highest BCUT2D eigenvalue weighted by atomic mass is 16.5. The van der Waals surface area contributed by atoms with Gasteiger partial charge in [0.1, 0.15) is 23.0 Å². The van der Waals surface area contributed by atoms with Gasteiger partial charge in [-0.3, -0.25) is 9.80 Å². The number of fused-ring (bicyclic) bond motifs is 3. The van der Waals surface area contributed by atoms with E-state index in [1.54, 1.807) is 14.2 Å². The molecule has 0 radical (unpaired) electrons. The fourth-order valence-electron chi connectivity index (χ4n) is 6.14. The van der Waals surface area contributed by atoms with Crippen LogP contribution in [0.2, 0.25) is 0 Å². The second-order valence-corrected chi connectivity index (χ2v) is 9.68. The Morgan fingerprint density at radius 1 is 1.15 bits per heavy atom. The van der Waals surface area contributed by atoms with Crippen LogP contribution in [0.1, 0.15) is 55.3 Å². The van der Waals surface area contributed by atoms with Gasteiger partial charge < -0.3 is 18.8 Å². The molecule has 7 heteroatoms. The average molecular weight is 466 g/mol. The number of likely N-dealkylation sites (tertiary alicyclic amines) is 1. The lowest BCUT2D eigenvalue weighted by molar-refractivity contribution is 0.0851. The van der Waals surface area contributed by atoms with E-state index in [4.69, 9.17) is 13.9 Å². The molecule has 2 amide bonds. The molecule has 0 saturated carbocycles. The maximum Gasteiger partial charge on any atom is 0.325 e. The molecule has 182 valence electrons. The average Bonchev–Trinajstić information content (AvgIpc) is 3.27. The van der Waals surface area contributed by atoms with E-state index in [0.717, 1.165) is 72.3 Å². The third kappa shape index (κ3) is 3.57. The van der Waals surface area contributed by atoms with Crippen molar-refractivity contribution >= 4 is 6.03 Å². The van der Waals surface area contributed by atoms with Gasteiger partial charge in [-0.05, 0) is 50.5 Å². The minimum absolute atomic E-state index is 0.102. The number of benzene rings is 1. The van der Waals surface area contributed by atoms with Crippen molar-refractivity contribution in [3.05, 3.63) is 58.7 Å². The summed E-state index contributed by atoms with van der Waals surface area (Å²) in [6.07, 6.45) is 4.14. The second-order valence-electron chi connectivity index (χ2n) is 9.68. The summed E-state index contributed by atoms with van der Waals surface area (Å²) in [6.45, 7) is 10.2. The number of carbonyl (C=O) groups excluding carboxylic acids is 1. The maximum atomic E-state index is 13.7. The number of amides is 2. The zero-order chi connectivity index (χ0) is 24.0. The molecule has 2 saturated heterocycles. The Balaban J connectivity index is 1.47. The molecule has 1 unspecified atom stereocenters. The van der Waals surface area contributed by atoms with Crippen LogP contribution in [0.15, 0.2) is 40.5 Å². The van der Waals surface area contributed by atoms with Crippen molar-refractivity contribution in [1.29, 1.82) is 0 Å². The van der Waals surface area contributed by atoms with Crippen LogP contribution in [-0.4, -0.2) is 60.1 Å². The molecule has 5 rings (SSSR count). The van der Waals surface area contributed by atoms with E-state index in [1.165, 1.54) is 0 Å². The van der Waals surface area contributed by atoms with Gasteiger partial charge in [0.2, 0.25) is 0 Å². The Morgan fingerprint density at radius 3 is 2.53 bits per heavy atom. The molecule has 1 atom stereocenters. The normalized spacial score (nSPS) is 21.9. The molecule has 1 spiro atoms. The van der Waals surface area contributed by atoms with Gasteiger partial charge in [0, 0.05) is 42.9 Å². The molecular formula is C27H35N3O4. The number of furan rings is 1. The van der Waals surface area contributed by atoms with Gasteiger partial charge in [0.05, 0.1) is 32.8 Å². The molecule has 2 aromatic rings. The summed E-state index contributed by atoms with van der Waals surface area (Å²) in [4.78, 5) is 20.3. The summed E-state index contributed by atoms with van der Waals surface area (Å²) < 4.78 is 17.1. The first-order valence-electron chi connectivity index (χ1n) is 12.2.